The maximum absolute atomic E-state index is 11.1. The Morgan fingerprint density at radius 1 is 1.50 bits per heavy atom. The smallest absolute Gasteiger partial charge is 0.305 e. The summed E-state index contributed by atoms with van der Waals surface area (Å²) in [6.45, 7) is 2.33. The molecule has 1 rings (SSSR count). The maximum Gasteiger partial charge on any atom is 0.305 e. The molecule has 1 saturated carbocycles. The number of esters is 1. The molecule has 82 valence electrons. The van der Waals surface area contributed by atoms with Gasteiger partial charge in [0, 0.05) is 12.5 Å². The molecule has 2 atom stereocenters. The monoisotopic (exact) mass is 199 g/mol. The first-order valence-corrected chi connectivity index (χ1v) is 5.63. The molecule has 2 N–H and O–H groups in total. The molecule has 0 aromatic carbocycles. The van der Waals surface area contributed by atoms with Crippen LogP contribution in [0.1, 0.15) is 45.4 Å². The van der Waals surface area contributed by atoms with E-state index in [4.69, 9.17) is 10.5 Å². The zero-order valence-corrected chi connectivity index (χ0v) is 9.00. The highest BCUT2D eigenvalue weighted by molar-refractivity contribution is 5.69. The van der Waals surface area contributed by atoms with Crippen molar-refractivity contribution in [2.75, 3.05) is 6.61 Å². The van der Waals surface area contributed by atoms with Gasteiger partial charge in [-0.1, -0.05) is 12.8 Å². The van der Waals surface area contributed by atoms with Gasteiger partial charge in [-0.3, -0.25) is 4.79 Å². The zero-order valence-electron chi connectivity index (χ0n) is 9.00. The van der Waals surface area contributed by atoms with Crippen LogP contribution in [-0.2, 0) is 9.53 Å². The molecule has 3 heteroatoms. The fourth-order valence-electron chi connectivity index (χ4n) is 2.15. The van der Waals surface area contributed by atoms with E-state index in [2.05, 4.69) is 0 Å². The minimum atomic E-state index is -0.0633. The van der Waals surface area contributed by atoms with Crippen molar-refractivity contribution in [3.05, 3.63) is 0 Å². The quantitative estimate of drug-likeness (QED) is 0.703. The minimum absolute atomic E-state index is 0.0633. The van der Waals surface area contributed by atoms with Crippen LogP contribution < -0.4 is 5.73 Å². The first-order valence-electron chi connectivity index (χ1n) is 5.63. The van der Waals surface area contributed by atoms with Crippen molar-refractivity contribution < 1.29 is 9.53 Å². The minimum Gasteiger partial charge on any atom is -0.466 e. The third-order valence-corrected chi connectivity index (χ3v) is 2.89. The number of hydrogen-bond acceptors (Lipinski definition) is 3. The summed E-state index contributed by atoms with van der Waals surface area (Å²) in [6.07, 6.45) is 6.19. The van der Waals surface area contributed by atoms with Crippen LogP contribution in [0.15, 0.2) is 0 Å². The van der Waals surface area contributed by atoms with Crippen LogP contribution in [0.25, 0.3) is 0 Å². The van der Waals surface area contributed by atoms with Crippen LogP contribution in [0.3, 0.4) is 0 Å². The fourth-order valence-corrected chi connectivity index (χ4v) is 2.15. The van der Waals surface area contributed by atoms with E-state index in [9.17, 15) is 4.79 Å². The third-order valence-electron chi connectivity index (χ3n) is 2.89. The van der Waals surface area contributed by atoms with Crippen LogP contribution in [0.5, 0.6) is 0 Å². The highest BCUT2D eigenvalue weighted by Gasteiger charge is 2.19. The van der Waals surface area contributed by atoms with E-state index < -0.39 is 0 Å². The van der Waals surface area contributed by atoms with Crippen LogP contribution in [0, 0.1) is 5.92 Å². The summed E-state index contributed by atoms with van der Waals surface area (Å²) >= 11 is 0. The molecule has 0 spiro atoms. The van der Waals surface area contributed by atoms with Gasteiger partial charge in [0.15, 0.2) is 0 Å². The molecule has 14 heavy (non-hydrogen) atoms. The number of nitrogens with two attached hydrogens (primary N) is 1. The van der Waals surface area contributed by atoms with Crippen LogP contribution in [0.4, 0.5) is 0 Å². The van der Waals surface area contributed by atoms with Gasteiger partial charge in [0.2, 0.25) is 0 Å². The van der Waals surface area contributed by atoms with Crippen molar-refractivity contribution in [3.63, 3.8) is 0 Å². The normalized spacial score (nSPS) is 27.3. The largest absolute Gasteiger partial charge is 0.466 e. The molecular weight excluding hydrogens is 178 g/mol. The van der Waals surface area contributed by atoms with Crippen molar-refractivity contribution >= 4 is 5.97 Å². The fraction of sp³-hybridized carbons (Fsp3) is 0.909. The van der Waals surface area contributed by atoms with Gasteiger partial charge >= 0.3 is 5.97 Å². The lowest BCUT2D eigenvalue weighted by Crippen LogP contribution is -2.28. The summed E-state index contributed by atoms with van der Waals surface area (Å²) in [5.74, 6) is 0.579. The summed E-state index contributed by atoms with van der Waals surface area (Å²) in [5.41, 5.74) is 5.87. The van der Waals surface area contributed by atoms with E-state index in [1.165, 1.54) is 12.8 Å². The Labute approximate surface area is 86.0 Å². The second-order valence-electron chi connectivity index (χ2n) is 4.14. The Hall–Kier alpha value is -0.570. The molecule has 0 saturated heterocycles. The summed E-state index contributed by atoms with van der Waals surface area (Å²) in [4.78, 5) is 11.1. The van der Waals surface area contributed by atoms with E-state index in [1.807, 2.05) is 6.92 Å². The first kappa shape index (κ1) is 11.5. The molecule has 1 aliphatic carbocycles. The Balaban J connectivity index is 2.14. The van der Waals surface area contributed by atoms with Crippen molar-refractivity contribution in [3.8, 4) is 0 Å². The molecular formula is C11H21NO2. The maximum atomic E-state index is 11.1. The zero-order chi connectivity index (χ0) is 10.4. The van der Waals surface area contributed by atoms with Gasteiger partial charge in [-0.15, -0.1) is 0 Å². The van der Waals surface area contributed by atoms with E-state index >= 15 is 0 Å². The predicted octanol–water partition coefficient (Wildman–Crippen LogP) is 1.85. The van der Waals surface area contributed by atoms with Gasteiger partial charge < -0.3 is 10.5 Å². The average molecular weight is 199 g/mol. The summed E-state index contributed by atoms with van der Waals surface area (Å²) in [6, 6.07) is 0.357. The highest BCUT2D eigenvalue weighted by atomic mass is 16.5. The lowest BCUT2D eigenvalue weighted by Gasteiger charge is -2.26. The van der Waals surface area contributed by atoms with Crippen molar-refractivity contribution in [1.29, 1.82) is 0 Å². The molecule has 3 nitrogen and oxygen atoms in total. The number of hydrogen-bond donors (Lipinski definition) is 1. The van der Waals surface area contributed by atoms with Crippen molar-refractivity contribution in [2.24, 2.45) is 11.7 Å². The van der Waals surface area contributed by atoms with E-state index in [0.717, 1.165) is 19.3 Å². The van der Waals surface area contributed by atoms with E-state index in [1.54, 1.807) is 0 Å². The predicted molar refractivity (Wildman–Crippen MR) is 55.8 cm³/mol. The van der Waals surface area contributed by atoms with Gasteiger partial charge in [-0.25, -0.2) is 0 Å². The molecule has 0 bridgehead atoms. The van der Waals surface area contributed by atoms with Gasteiger partial charge in [0.1, 0.15) is 0 Å². The molecule has 0 heterocycles. The second kappa shape index (κ2) is 6.02. The van der Waals surface area contributed by atoms with E-state index in [0.29, 0.717) is 25.0 Å². The summed E-state index contributed by atoms with van der Waals surface area (Å²) in [7, 11) is 0. The Bertz CT molecular complexity index is 182. The van der Waals surface area contributed by atoms with Crippen LogP contribution in [-0.4, -0.2) is 18.6 Å². The molecule has 1 fully saturated rings. The third kappa shape index (κ3) is 4.09. The summed E-state index contributed by atoms with van der Waals surface area (Å²) in [5, 5.41) is 0. The van der Waals surface area contributed by atoms with Gasteiger partial charge in [0.25, 0.3) is 0 Å². The Morgan fingerprint density at radius 2 is 2.29 bits per heavy atom. The van der Waals surface area contributed by atoms with Crippen molar-refractivity contribution in [2.45, 2.75) is 51.5 Å². The van der Waals surface area contributed by atoms with Gasteiger partial charge in [0.05, 0.1) is 6.61 Å². The molecule has 0 unspecified atom stereocenters. The van der Waals surface area contributed by atoms with Gasteiger partial charge in [-0.2, -0.15) is 0 Å². The second-order valence-corrected chi connectivity index (χ2v) is 4.14. The van der Waals surface area contributed by atoms with Crippen LogP contribution >= 0.6 is 0 Å². The number of carbonyl (C=O) groups is 1. The van der Waals surface area contributed by atoms with E-state index in [-0.39, 0.29) is 5.97 Å². The highest BCUT2D eigenvalue weighted by Crippen LogP contribution is 2.26. The number of rotatable bonds is 4. The molecule has 0 amide bonds. The summed E-state index contributed by atoms with van der Waals surface area (Å²) < 4.78 is 4.89. The SMILES string of the molecule is CCOC(=O)CC[C@H]1CCC[C@@H](N)C1. The lowest BCUT2D eigenvalue weighted by atomic mass is 9.83. The number of carbonyl (C=O) groups excluding carboxylic acids is 1. The molecule has 0 aliphatic heterocycles. The topological polar surface area (TPSA) is 52.3 Å². The molecule has 0 aromatic heterocycles. The molecule has 0 radical (unpaired) electrons. The van der Waals surface area contributed by atoms with Crippen LogP contribution in [0.2, 0.25) is 0 Å². The Kier molecular flexibility index (Phi) is 4.94. The standard InChI is InChI=1S/C11H21NO2/c1-2-14-11(13)7-6-9-4-3-5-10(12)8-9/h9-10H,2-8,12H2,1H3/t9-,10-/m1/s1. The lowest BCUT2D eigenvalue weighted by molar-refractivity contribution is -0.143. The Morgan fingerprint density at radius 3 is 2.93 bits per heavy atom. The number of ether oxygens (including phenoxy) is 1. The van der Waals surface area contributed by atoms with Crippen molar-refractivity contribution in [1.82, 2.24) is 0 Å². The first-order chi connectivity index (χ1) is 6.72. The average Bonchev–Trinajstić information content (AvgIpc) is 2.15. The molecule has 0 aromatic rings. The van der Waals surface area contributed by atoms with Gasteiger partial charge in [-0.05, 0) is 32.1 Å². The molecule has 1 aliphatic rings.